The number of hydrogen-bond donors (Lipinski definition) is 3. The van der Waals surface area contributed by atoms with E-state index in [-0.39, 0.29) is 5.82 Å². The van der Waals surface area contributed by atoms with E-state index in [0.29, 0.717) is 24.3 Å². The van der Waals surface area contributed by atoms with Crippen LogP contribution in [0.2, 0.25) is 0 Å². The van der Waals surface area contributed by atoms with Crippen LogP contribution in [0.4, 0.5) is 10.6 Å². The van der Waals surface area contributed by atoms with Crippen LogP contribution in [0.25, 0.3) is 0 Å². The minimum Gasteiger partial charge on any atom is -0.465 e. The van der Waals surface area contributed by atoms with E-state index in [1.165, 1.54) is 11.8 Å². The molecule has 0 atom stereocenters. The maximum atomic E-state index is 11.0. The van der Waals surface area contributed by atoms with Crippen molar-refractivity contribution < 1.29 is 15.0 Å². The van der Waals surface area contributed by atoms with Crippen LogP contribution >= 0.6 is 0 Å². The molecular weight excluding hydrogens is 292 g/mol. The Kier molecular flexibility index (Phi) is 4.30. The Balaban J connectivity index is 1.79. The van der Waals surface area contributed by atoms with Gasteiger partial charge in [-0.1, -0.05) is 36.4 Å². The standard InChI is InChI=1S/C18H20N2O3/c21-17(22)20-16-15(7-4-12-19-16)18(23)10-8-14(9-11-18)13-5-2-1-3-6-13/h1-7,12,14,23H,8-11H2,(H,19,20)(H,21,22). The van der Waals surface area contributed by atoms with Crippen molar-refractivity contribution in [2.45, 2.75) is 37.2 Å². The van der Waals surface area contributed by atoms with Gasteiger partial charge >= 0.3 is 6.09 Å². The third-order valence-corrected chi connectivity index (χ3v) is 4.62. The molecule has 1 heterocycles. The zero-order valence-electron chi connectivity index (χ0n) is 12.8. The largest absolute Gasteiger partial charge is 0.465 e. The summed E-state index contributed by atoms with van der Waals surface area (Å²) in [6.07, 6.45) is 3.25. The highest BCUT2D eigenvalue weighted by Gasteiger charge is 2.37. The third kappa shape index (κ3) is 3.35. The average molecular weight is 312 g/mol. The zero-order valence-corrected chi connectivity index (χ0v) is 12.8. The Hall–Kier alpha value is -2.40. The average Bonchev–Trinajstić information content (AvgIpc) is 2.56. The molecular formula is C18H20N2O3. The summed E-state index contributed by atoms with van der Waals surface area (Å²) in [5.74, 6) is 0.657. The van der Waals surface area contributed by atoms with Gasteiger partial charge in [0, 0.05) is 11.8 Å². The van der Waals surface area contributed by atoms with E-state index in [1.54, 1.807) is 12.1 Å². The van der Waals surface area contributed by atoms with E-state index in [1.807, 2.05) is 18.2 Å². The van der Waals surface area contributed by atoms with Crippen LogP contribution < -0.4 is 5.32 Å². The quantitative estimate of drug-likeness (QED) is 0.806. The van der Waals surface area contributed by atoms with Crippen LogP contribution in [0.15, 0.2) is 48.7 Å². The van der Waals surface area contributed by atoms with E-state index in [0.717, 1.165) is 12.8 Å². The maximum Gasteiger partial charge on any atom is 0.410 e. The molecule has 1 aliphatic carbocycles. The number of amides is 1. The monoisotopic (exact) mass is 312 g/mol. The topological polar surface area (TPSA) is 82.5 Å². The molecule has 1 fully saturated rings. The van der Waals surface area contributed by atoms with E-state index < -0.39 is 11.7 Å². The first-order valence-electron chi connectivity index (χ1n) is 7.81. The molecule has 5 heteroatoms. The molecule has 23 heavy (non-hydrogen) atoms. The number of benzene rings is 1. The number of nitrogens with zero attached hydrogens (tertiary/aromatic N) is 1. The summed E-state index contributed by atoms with van der Waals surface area (Å²) in [5.41, 5.74) is 0.829. The first-order chi connectivity index (χ1) is 11.1. The highest BCUT2D eigenvalue weighted by Crippen LogP contribution is 2.44. The normalized spacial score (nSPS) is 24.1. The summed E-state index contributed by atoms with van der Waals surface area (Å²) < 4.78 is 0. The van der Waals surface area contributed by atoms with Gasteiger partial charge in [-0.05, 0) is 43.2 Å². The van der Waals surface area contributed by atoms with Crippen LogP contribution in [0.1, 0.15) is 42.7 Å². The molecule has 0 aliphatic heterocycles. The van der Waals surface area contributed by atoms with Crippen molar-refractivity contribution >= 4 is 11.9 Å². The molecule has 1 aromatic heterocycles. The number of anilines is 1. The summed E-state index contributed by atoms with van der Waals surface area (Å²) in [6.45, 7) is 0. The van der Waals surface area contributed by atoms with Gasteiger partial charge in [0.1, 0.15) is 5.82 Å². The summed E-state index contributed by atoms with van der Waals surface area (Å²) in [4.78, 5) is 15.0. The van der Waals surface area contributed by atoms with E-state index in [4.69, 9.17) is 5.11 Å². The minimum atomic E-state index is -1.17. The number of aliphatic hydroxyl groups is 1. The van der Waals surface area contributed by atoms with Gasteiger partial charge in [-0.2, -0.15) is 0 Å². The van der Waals surface area contributed by atoms with Gasteiger partial charge in [0.15, 0.2) is 0 Å². The van der Waals surface area contributed by atoms with Gasteiger partial charge in [-0.25, -0.2) is 9.78 Å². The lowest BCUT2D eigenvalue weighted by molar-refractivity contribution is -0.00524. The Labute approximate surface area is 135 Å². The second-order valence-electron chi connectivity index (χ2n) is 6.05. The number of nitrogens with one attached hydrogen (secondary N) is 1. The summed E-state index contributed by atoms with van der Waals surface area (Å²) in [7, 11) is 0. The van der Waals surface area contributed by atoms with Crippen molar-refractivity contribution in [1.82, 2.24) is 4.98 Å². The zero-order chi connectivity index (χ0) is 16.3. The van der Waals surface area contributed by atoms with Crippen molar-refractivity contribution in [3.05, 3.63) is 59.8 Å². The number of pyridine rings is 1. The second-order valence-corrected chi connectivity index (χ2v) is 6.05. The molecule has 1 amide bonds. The first-order valence-corrected chi connectivity index (χ1v) is 7.81. The van der Waals surface area contributed by atoms with Crippen LogP contribution in [0, 0.1) is 0 Å². The molecule has 0 bridgehead atoms. The SMILES string of the molecule is O=C(O)Nc1ncccc1C1(O)CCC(c2ccccc2)CC1. The maximum absolute atomic E-state index is 11.0. The van der Waals surface area contributed by atoms with Gasteiger partial charge in [0.25, 0.3) is 0 Å². The van der Waals surface area contributed by atoms with Crippen LogP contribution in [0.5, 0.6) is 0 Å². The molecule has 0 saturated heterocycles. The Morgan fingerprint density at radius 1 is 1.13 bits per heavy atom. The molecule has 1 aliphatic rings. The summed E-state index contributed by atoms with van der Waals surface area (Å²) >= 11 is 0. The Morgan fingerprint density at radius 2 is 1.83 bits per heavy atom. The van der Waals surface area contributed by atoms with Crippen LogP contribution in [-0.2, 0) is 5.60 Å². The van der Waals surface area contributed by atoms with Crippen molar-refractivity contribution in [2.75, 3.05) is 5.32 Å². The third-order valence-electron chi connectivity index (χ3n) is 4.62. The molecule has 0 spiro atoms. The molecule has 5 nitrogen and oxygen atoms in total. The predicted octanol–water partition coefficient (Wildman–Crippen LogP) is 3.72. The van der Waals surface area contributed by atoms with Crippen LogP contribution in [-0.4, -0.2) is 21.3 Å². The molecule has 2 aromatic rings. The number of aromatic nitrogens is 1. The molecule has 1 aromatic carbocycles. The van der Waals surface area contributed by atoms with E-state index >= 15 is 0 Å². The number of carbonyl (C=O) groups is 1. The van der Waals surface area contributed by atoms with Gasteiger partial charge in [0.05, 0.1) is 5.60 Å². The molecule has 1 saturated carbocycles. The summed E-state index contributed by atoms with van der Waals surface area (Å²) in [6, 6.07) is 13.8. The van der Waals surface area contributed by atoms with Crippen molar-refractivity contribution in [2.24, 2.45) is 0 Å². The van der Waals surface area contributed by atoms with E-state index in [2.05, 4.69) is 22.4 Å². The lowest BCUT2D eigenvalue weighted by Crippen LogP contribution is -2.32. The number of rotatable bonds is 3. The van der Waals surface area contributed by atoms with Gasteiger partial charge in [-0.3, -0.25) is 5.32 Å². The van der Waals surface area contributed by atoms with Gasteiger partial charge in [0.2, 0.25) is 0 Å². The van der Waals surface area contributed by atoms with Crippen molar-refractivity contribution in [1.29, 1.82) is 0 Å². The highest BCUT2D eigenvalue weighted by atomic mass is 16.4. The minimum absolute atomic E-state index is 0.223. The lowest BCUT2D eigenvalue weighted by atomic mass is 9.73. The molecule has 0 radical (unpaired) electrons. The van der Waals surface area contributed by atoms with Crippen LogP contribution in [0.3, 0.4) is 0 Å². The fourth-order valence-corrected chi connectivity index (χ4v) is 3.40. The van der Waals surface area contributed by atoms with Crippen molar-refractivity contribution in [3.63, 3.8) is 0 Å². The first kappa shape index (κ1) is 15.5. The van der Waals surface area contributed by atoms with Gasteiger partial charge in [-0.15, -0.1) is 0 Å². The smallest absolute Gasteiger partial charge is 0.410 e. The molecule has 120 valence electrons. The molecule has 0 unspecified atom stereocenters. The Morgan fingerprint density at radius 3 is 2.48 bits per heavy atom. The lowest BCUT2D eigenvalue weighted by Gasteiger charge is -2.37. The van der Waals surface area contributed by atoms with Crippen molar-refractivity contribution in [3.8, 4) is 0 Å². The summed E-state index contributed by atoms with van der Waals surface area (Å²) in [5, 5.41) is 22.2. The van der Waals surface area contributed by atoms with Gasteiger partial charge < -0.3 is 10.2 Å². The molecule has 3 N–H and O–H groups in total. The second kappa shape index (κ2) is 6.38. The fraction of sp³-hybridized carbons (Fsp3) is 0.333. The molecule has 3 rings (SSSR count). The number of carboxylic acid groups (broad SMARTS) is 1. The number of hydrogen-bond acceptors (Lipinski definition) is 3. The highest BCUT2D eigenvalue weighted by molar-refractivity contribution is 5.82. The fourth-order valence-electron chi connectivity index (χ4n) is 3.40. The van der Waals surface area contributed by atoms with E-state index in [9.17, 15) is 9.90 Å². The predicted molar refractivity (Wildman–Crippen MR) is 87.4 cm³/mol. The Bertz CT molecular complexity index is 680.